The predicted molar refractivity (Wildman–Crippen MR) is 60.6 cm³/mol. The molecular formula is C12H9F2N3. The first-order valence-corrected chi connectivity index (χ1v) is 4.85. The average Bonchev–Trinajstić information content (AvgIpc) is 2.29. The highest BCUT2D eigenvalue weighted by Gasteiger charge is 2.08. The molecule has 0 saturated carbocycles. The summed E-state index contributed by atoms with van der Waals surface area (Å²) in [5.41, 5.74) is 6.04. The van der Waals surface area contributed by atoms with Gasteiger partial charge in [0.2, 0.25) is 0 Å². The molecule has 0 bridgehead atoms. The van der Waals surface area contributed by atoms with E-state index in [1.807, 2.05) is 0 Å². The maximum absolute atomic E-state index is 13.5. The van der Waals surface area contributed by atoms with Crippen LogP contribution in [0.15, 0.2) is 36.4 Å². The summed E-state index contributed by atoms with van der Waals surface area (Å²) in [5, 5.41) is 7.24. The van der Waals surface area contributed by atoms with Gasteiger partial charge in [0.25, 0.3) is 0 Å². The van der Waals surface area contributed by atoms with Crippen LogP contribution >= 0.6 is 0 Å². The first kappa shape index (κ1) is 11.2. The maximum atomic E-state index is 13.5. The molecule has 5 heteroatoms. The third-order valence-corrected chi connectivity index (χ3v) is 2.23. The molecule has 0 aliphatic carbocycles. The highest BCUT2D eigenvalue weighted by Crippen LogP contribution is 2.21. The zero-order valence-corrected chi connectivity index (χ0v) is 8.74. The van der Waals surface area contributed by atoms with Crippen LogP contribution in [0.3, 0.4) is 0 Å². The largest absolute Gasteiger partial charge is 0.382 e. The molecule has 0 amide bonds. The number of nitrogens with one attached hydrogen (secondary N) is 1. The topological polar surface area (TPSA) is 62.8 Å². The Kier molecular flexibility index (Phi) is 2.82. The van der Waals surface area contributed by atoms with Gasteiger partial charge in [0.05, 0.1) is 5.69 Å². The summed E-state index contributed by atoms with van der Waals surface area (Å²) in [6.45, 7) is 0. The number of amidine groups is 1. The zero-order chi connectivity index (χ0) is 12.4. The number of aromatic nitrogens is 1. The third kappa shape index (κ3) is 2.28. The normalized spacial score (nSPS) is 10.2. The van der Waals surface area contributed by atoms with Crippen LogP contribution in [0.25, 0.3) is 11.3 Å². The molecule has 0 aliphatic heterocycles. The standard InChI is InChI=1S/C12H9F2N3/c13-7-4-5-8(9(14)6-7)10-2-1-3-11(17-10)12(15)16/h1-6H,(H3,15,16). The van der Waals surface area contributed by atoms with Crippen LogP contribution in [0.2, 0.25) is 0 Å². The van der Waals surface area contributed by atoms with Crippen molar-refractivity contribution in [3.05, 3.63) is 53.7 Å². The number of benzene rings is 1. The van der Waals surface area contributed by atoms with Crippen molar-refractivity contribution in [2.75, 3.05) is 0 Å². The molecule has 1 heterocycles. The highest BCUT2D eigenvalue weighted by molar-refractivity contribution is 5.93. The van der Waals surface area contributed by atoms with E-state index >= 15 is 0 Å². The number of nitrogens with zero attached hydrogens (tertiary/aromatic N) is 1. The van der Waals surface area contributed by atoms with Crippen molar-refractivity contribution in [1.82, 2.24) is 4.98 Å². The molecule has 0 fully saturated rings. The second kappa shape index (κ2) is 4.29. The summed E-state index contributed by atoms with van der Waals surface area (Å²) >= 11 is 0. The van der Waals surface area contributed by atoms with Crippen molar-refractivity contribution in [1.29, 1.82) is 5.41 Å². The van der Waals surface area contributed by atoms with Crippen LogP contribution in [0, 0.1) is 17.0 Å². The van der Waals surface area contributed by atoms with E-state index in [0.29, 0.717) is 5.69 Å². The molecule has 0 saturated heterocycles. The van der Waals surface area contributed by atoms with E-state index in [0.717, 1.165) is 12.1 Å². The number of halogens is 2. The zero-order valence-electron chi connectivity index (χ0n) is 8.74. The Bertz CT molecular complexity index is 582. The Balaban J connectivity index is 2.53. The van der Waals surface area contributed by atoms with Crippen LogP contribution in [0.5, 0.6) is 0 Å². The van der Waals surface area contributed by atoms with Gasteiger partial charge in [-0.15, -0.1) is 0 Å². The van der Waals surface area contributed by atoms with E-state index in [2.05, 4.69) is 4.98 Å². The lowest BCUT2D eigenvalue weighted by Gasteiger charge is -2.04. The van der Waals surface area contributed by atoms with Gasteiger partial charge in [-0.25, -0.2) is 13.8 Å². The van der Waals surface area contributed by atoms with Gasteiger partial charge in [0.15, 0.2) is 0 Å². The van der Waals surface area contributed by atoms with Crippen LogP contribution < -0.4 is 5.73 Å². The summed E-state index contributed by atoms with van der Waals surface area (Å²) in [6.07, 6.45) is 0. The van der Waals surface area contributed by atoms with E-state index in [4.69, 9.17) is 11.1 Å². The van der Waals surface area contributed by atoms with Crippen LogP contribution in [0.4, 0.5) is 8.78 Å². The Morgan fingerprint density at radius 1 is 1.18 bits per heavy atom. The number of rotatable bonds is 2. The van der Waals surface area contributed by atoms with Crippen molar-refractivity contribution in [2.45, 2.75) is 0 Å². The van der Waals surface area contributed by atoms with Crippen molar-refractivity contribution < 1.29 is 8.78 Å². The van der Waals surface area contributed by atoms with Crippen LogP contribution in [-0.2, 0) is 0 Å². The Morgan fingerprint density at radius 2 is 1.94 bits per heavy atom. The molecular weight excluding hydrogens is 224 g/mol. The van der Waals surface area contributed by atoms with E-state index in [-0.39, 0.29) is 17.1 Å². The Hall–Kier alpha value is -2.30. The first-order valence-electron chi connectivity index (χ1n) is 4.85. The number of nitrogen functional groups attached to an aromatic ring is 1. The molecule has 2 rings (SSSR count). The van der Waals surface area contributed by atoms with Gasteiger partial charge in [0.1, 0.15) is 23.2 Å². The number of pyridine rings is 1. The lowest BCUT2D eigenvalue weighted by Crippen LogP contribution is -2.13. The molecule has 3 N–H and O–H groups in total. The van der Waals surface area contributed by atoms with Crippen LogP contribution in [-0.4, -0.2) is 10.8 Å². The SMILES string of the molecule is N=C(N)c1cccc(-c2ccc(F)cc2F)n1. The van der Waals surface area contributed by atoms with E-state index < -0.39 is 11.6 Å². The average molecular weight is 233 g/mol. The van der Waals surface area contributed by atoms with Gasteiger partial charge >= 0.3 is 0 Å². The Labute approximate surface area is 96.4 Å². The second-order valence-electron chi connectivity index (χ2n) is 3.45. The van der Waals surface area contributed by atoms with Gasteiger partial charge in [-0.2, -0.15) is 0 Å². The minimum atomic E-state index is -0.696. The summed E-state index contributed by atoms with van der Waals surface area (Å²) in [5.74, 6) is -1.54. The molecule has 0 unspecified atom stereocenters. The van der Waals surface area contributed by atoms with E-state index in [1.54, 1.807) is 18.2 Å². The van der Waals surface area contributed by atoms with Gasteiger partial charge in [0, 0.05) is 11.6 Å². The maximum Gasteiger partial charge on any atom is 0.141 e. The monoisotopic (exact) mass is 233 g/mol. The summed E-state index contributed by atoms with van der Waals surface area (Å²) < 4.78 is 26.3. The minimum absolute atomic E-state index is 0.175. The molecule has 2 aromatic rings. The third-order valence-electron chi connectivity index (χ3n) is 2.23. The fourth-order valence-electron chi connectivity index (χ4n) is 1.43. The fourth-order valence-corrected chi connectivity index (χ4v) is 1.43. The molecule has 1 aromatic carbocycles. The molecule has 0 atom stereocenters. The van der Waals surface area contributed by atoms with Gasteiger partial charge in [-0.3, -0.25) is 5.41 Å². The molecule has 3 nitrogen and oxygen atoms in total. The lowest BCUT2D eigenvalue weighted by atomic mass is 10.1. The number of nitrogens with two attached hydrogens (primary N) is 1. The number of hydrogen-bond donors (Lipinski definition) is 2. The van der Waals surface area contributed by atoms with Gasteiger partial charge < -0.3 is 5.73 Å². The second-order valence-corrected chi connectivity index (χ2v) is 3.45. The quantitative estimate of drug-likeness (QED) is 0.617. The molecule has 0 aliphatic rings. The summed E-state index contributed by atoms with van der Waals surface area (Å²) in [6, 6.07) is 7.98. The smallest absolute Gasteiger partial charge is 0.141 e. The van der Waals surface area contributed by atoms with Crippen molar-refractivity contribution in [2.24, 2.45) is 5.73 Å². The Morgan fingerprint density at radius 3 is 2.59 bits per heavy atom. The predicted octanol–water partition coefficient (Wildman–Crippen LogP) is 2.31. The van der Waals surface area contributed by atoms with E-state index in [9.17, 15) is 8.78 Å². The van der Waals surface area contributed by atoms with Crippen molar-refractivity contribution in [3.63, 3.8) is 0 Å². The van der Waals surface area contributed by atoms with Crippen LogP contribution in [0.1, 0.15) is 5.69 Å². The lowest BCUT2D eigenvalue weighted by molar-refractivity contribution is 0.585. The highest BCUT2D eigenvalue weighted by atomic mass is 19.1. The van der Waals surface area contributed by atoms with Gasteiger partial charge in [-0.05, 0) is 24.3 Å². The molecule has 0 spiro atoms. The summed E-state index contributed by atoms with van der Waals surface area (Å²) in [7, 11) is 0. The molecule has 1 aromatic heterocycles. The minimum Gasteiger partial charge on any atom is -0.382 e. The number of hydrogen-bond acceptors (Lipinski definition) is 2. The van der Waals surface area contributed by atoms with Crippen molar-refractivity contribution >= 4 is 5.84 Å². The van der Waals surface area contributed by atoms with Crippen molar-refractivity contribution in [3.8, 4) is 11.3 Å². The summed E-state index contributed by atoms with van der Waals surface area (Å²) in [4.78, 5) is 4.02. The molecule has 0 radical (unpaired) electrons. The fraction of sp³-hybridized carbons (Fsp3) is 0. The molecule has 86 valence electrons. The first-order chi connectivity index (χ1) is 8.08. The van der Waals surface area contributed by atoms with Gasteiger partial charge in [-0.1, -0.05) is 6.07 Å². The van der Waals surface area contributed by atoms with E-state index in [1.165, 1.54) is 6.07 Å². The molecule has 17 heavy (non-hydrogen) atoms.